The molecular formula is C21H27NO4S. The van der Waals surface area contributed by atoms with Crippen LogP contribution in [0.2, 0.25) is 0 Å². The van der Waals surface area contributed by atoms with Crippen LogP contribution in [0.1, 0.15) is 36.8 Å². The highest BCUT2D eigenvalue weighted by atomic mass is 32.2. The first-order valence-electron chi connectivity index (χ1n) is 9.40. The van der Waals surface area contributed by atoms with Crippen molar-refractivity contribution in [1.29, 1.82) is 0 Å². The van der Waals surface area contributed by atoms with E-state index in [-0.39, 0.29) is 24.2 Å². The van der Waals surface area contributed by atoms with E-state index in [0.29, 0.717) is 0 Å². The van der Waals surface area contributed by atoms with Gasteiger partial charge >= 0.3 is 0 Å². The normalized spacial score (nSPS) is 15.0. The lowest BCUT2D eigenvalue weighted by molar-refractivity contribution is 0.210. The zero-order valence-electron chi connectivity index (χ0n) is 15.9. The van der Waals surface area contributed by atoms with Gasteiger partial charge in [0, 0.05) is 6.54 Å². The van der Waals surface area contributed by atoms with E-state index >= 15 is 0 Å². The van der Waals surface area contributed by atoms with Gasteiger partial charge in [0.05, 0.1) is 11.0 Å². The maximum atomic E-state index is 12.4. The highest BCUT2D eigenvalue weighted by Crippen LogP contribution is 2.25. The Morgan fingerprint density at radius 2 is 1.74 bits per heavy atom. The Balaban J connectivity index is 1.51. The molecule has 2 aromatic carbocycles. The van der Waals surface area contributed by atoms with E-state index in [0.717, 1.165) is 35.5 Å². The molecular weight excluding hydrogens is 362 g/mol. The van der Waals surface area contributed by atoms with Crippen LogP contribution in [0.3, 0.4) is 0 Å². The zero-order valence-corrected chi connectivity index (χ0v) is 16.7. The first kappa shape index (κ1) is 19.7. The number of ether oxygens (including phenoxy) is 2. The lowest BCUT2D eigenvalue weighted by Gasteiger charge is -2.14. The summed E-state index contributed by atoms with van der Waals surface area (Å²) in [6, 6.07) is 12.6. The van der Waals surface area contributed by atoms with Crippen molar-refractivity contribution in [1.82, 2.24) is 4.72 Å². The van der Waals surface area contributed by atoms with Crippen molar-refractivity contribution < 1.29 is 17.9 Å². The molecule has 0 aromatic heterocycles. The van der Waals surface area contributed by atoms with E-state index in [9.17, 15) is 8.42 Å². The Hall–Kier alpha value is -2.05. The number of nitrogens with one attached hydrogen (secondary N) is 1. The molecule has 0 amide bonds. The Labute approximate surface area is 161 Å². The molecule has 5 nitrogen and oxygen atoms in total. The van der Waals surface area contributed by atoms with Gasteiger partial charge in [-0.25, -0.2) is 13.1 Å². The molecule has 1 fully saturated rings. The summed E-state index contributed by atoms with van der Waals surface area (Å²) in [5, 5.41) is 0. The minimum absolute atomic E-state index is 0.204. The average molecular weight is 390 g/mol. The van der Waals surface area contributed by atoms with E-state index in [4.69, 9.17) is 9.47 Å². The summed E-state index contributed by atoms with van der Waals surface area (Å²) >= 11 is 0. The predicted molar refractivity (Wildman–Crippen MR) is 106 cm³/mol. The summed E-state index contributed by atoms with van der Waals surface area (Å²) in [5.41, 5.74) is 2.14. The van der Waals surface area contributed by atoms with Crippen molar-refractivity contribution in [3.63, 3.8) is 0 Å². The summed E-state index contributed by atoms with van der Waals surface area (Å²) in [5.74, 6) is 1.50. The lowest BCUT2D eigenvalue weighted by Crippen LogP contribution is -2.28. The molecule has 0 radical (unpaired) electrons. The van der Waals surface area contributed by atoms with Gasteiger partial charge in [0.1, 0.15) is 18.1 Å². The number of benzene rings is 2. The molecule has 1 N–H and O–H groups in total. The molecule has 2 aromatic rings. The second kappa shape index (κ2) is 8.76. The van der Waals surface area contributed by atoms with Gasteiger partial charge in [-0.1, -0.05) is 12.1 Å². The third-order valence-corrected chi connectivity index (χ3v) is 6.21. The molecule has 0 atom stereocenters. The van der Waals surface area contributed by atoms with Gasteiger partial charge in [0.2, 0.25) is 10.0 Å². The monoisotopic (exact) mass is 389 g/mol. The van der Waals surface area contributed by atoms with Crippen molar-refractivity contribution in [2.45, 2.75) is 50.5 Å². The van der Waals surface area contributed by atoms with Crippen LogP contribution in [0.5, 0.6) is 11.5 Å². The maximum Gasteiger partial charge on any atom is 0.240 e. The number of sulfonamides is 1. The van der Waals surface area contributed by atoms with E-state index in [1.54, 1.807) is 24.3 Å². The molecule has 0 saturated heterocycles. The summed E-state index contributed by atoms with van der Waals surface area (Å²) in [7, 11) is -3.56. The van der Waals surface area contributed by atoms with Gasteiger partial charge in [-0.2, -0.15) is 0 Å². The molecule has 0 heterocycles. The number of hydrogen-bond donors (Lipinski definition) is 1. The maximum absolute atomic E-state index is 12.4. The van der Waals surface area contributed by atoms with Crippen LogP contribution in [0, 0.1) is 13.8 Å². The third-order valence-electron chi connectivity index (χ3n) is 4.73. The topological polar surface area (TPSA) is 64.6 Å². The summed E-state index contributed by atoms with van der Waals surface area (Å²) in [6.07, 6.45) is 4.80. The largest absolute Gasteiger partial charge is 0.492 e. The lowest BCUT2D eigenvalue weighted by atomic mass is 10.1. The molecule has 1 aliphatic rings. The van der Waals surface area contributed by atoms with Crippen LogP contribution >= 0.6 is 0 Å². The molecule has 0 bridgehead atoms. The van der Waals surface area contributed by atoms with Crippen LogP contribution in [-0.4, -0.2) is 27.7 Å². The number of rotatable bonds is 8. The summed E-state index contributed by atoms with van der Waals surface area (Å²) in [4.78, 5) is 0.230. The molecule has 3 rings (SSSR count). The van der Waals surface area contributed by atoms with Gasteiger partial charge in [-0.05, 0) is 81.0 Å². The molecule has 0 spiro atoms. The third kappa shape index (κ3) is 5.47. The molecule has 0 unspecified atom stereocenters. The van der Waals surface area contributed by atoms with Gasteiger partial charge in [0.25, 0.3) is 0 Å². The smallest absolute Gasteiger partial charge is 0.240 e. The molecule has 1 aliphatic carbocycles. The minimum Gasteiger partial charge on any atom is -0.492 e. The highest BCUT2D eigenvalue weighted by molar-refractivity contribution is 7.89. The van der Waals surface area contributed by atoms with E-state index < -0.39 is 10.0 Å². The van der Waals surface area contributed by atoms with Crippen molar-refractivity contribution in [3.05, 3.63) is 53.6 Å². The van der Waals surface area contributed by atoms with Gasteiger partial charge in [-0.3, -0.25) is 0 Å². The summed E-state index contributed by atoms with van der Waals surface area (Å²) < 4.78 is 39.0. The first-order chi connectivity index (χ1) is 12.9. The standard InChI is InChI=1S/C21H27NO4S/c1-16-7-8-17(2)21(15-16)25-14-13-22-27(23,24)20-11-9-19(10-12-20)26-18-5-3-4-6-18/h7-12,15,18,22H,3-6,13-14H2,1-2H3. The van der Waals surface area contributed by atoms with Crippen LogP contribution in [0.4, 0.5) is 0 Å². The minimum atomic E-state index is -3.56. The fraction of sp³-hybridized carbons (Fsp3) is 0.429. The quantitative estimate of drug-likeness (QED) is 0.694. The van der Waals surface area contributed by atoms with Crippen LogP contribution in [0.15, 0.2) is 47.4 Å². The molecule has 27 heavy (non-hydrogen) atoms. The SMILES string of the molecule is Cc1ccc(C)c(OCCNS(=O)(=O)c2ccc(OC3CCCC3)cc2)c1. The molecule has 1 saturated carbocycles. The van der Waals surface area contributed by atoms with Crippen LogP contribution in [0.25, 0.3) is 0 Å². The van der Waals surface area contributed by atoms with Crippen molar-refractivity contribution >= 4 is 10.0 Å². The predicted octanol–water partition coefficient (Wildman–Crippen LogP) is 3.98. The molecule has 6 heteroatoms. The number of hydrogen-bond acceptors (Lipinski definition) is 4. The molecule has 0 aliphatic heterocycles. The first-order valence-corrected chi connectivity index (χ1v) is 10.9. The van der Waals surface area contributed by atoms with E-state index in [2.05, 4.69) is 4.72 Å². The van der Waals surface area contributed by atoms with E-state index in [1.165, 1.54) is 12.8 Å². The van der Waals surface area contributed by atoms with Gasteiger partial charge in [-0.15, -0.1) is 0 Å². The van der Waals surface area contributed by atoms with Crippen molar-refractivity contribution in [3.8, 4) is 11.5 Å². The second-order valence-corrected chi connectivity index (χ2v) is 8.78. The number of aryl methyl sites for hydroxylation is 2. The zero-order chi connectivity index (χ0) is 19.3. The van der Waals surface area contributed by atoms with Crippen LogP contribution < -0.4 is 14.2 Å². The average Bonchev–Trinajstić information content (AvgIpc) is 3.15. The molecule has 146 valence electrons. The van der Waals surface area contributed by atoms with Gasteiger partial charge < -0.3 is 9.47 Å². The Morgan fingerprint density at radius 1 is 1.04 bits per heavy atom. The van der Waals surface area contributed by atoms with Crippen LogP contribution in [-0.2, 0) is 10.0 Å². The fourth-order valence-electron chi connectivity index (χ4n) is 3.18. The second-order valence-electron chi connectivity index (χ2n) is 7.01. The fourth-order valence-corrected chi connectivity index (χ4v) is 4.19. The van der Waals surface area contributed by atoms with E-state index in [1.807, 2.05) is 32.0 Å². The van der Waals surface area contributed by atoms with Crippen molar-refractivity contribution in [2.75, 3.05) is 13.2 Å². The summed E-state index contributed by atoms with van der Waals surface area (Å²) in [6.45, 7) is 4.44. The Bertz CT molecular complexity index is 856. The Morgan fingerprint density at radius 3 is 2.44 bits per heavy atom. The van der Waals surface area contributed by atoms with Gasteiger partial charge in [0.15, 0.2) is 0 Å². The van der Waals surface area contributed by atoms with Crippen molar-refractivity contribution in [2.24, 2.45) is 0 Å². The highest BCUT2D eigenvalue weighted by Gasteiger charge is 2.17. The Kier molecular flexibility index (Phi) is 6.39.